The van der Waals surface area contributed by atoms with Crippen molar-refractivity contribution in [3.05, 3.63) is 0 Å². The van der Waals surface area contributed by atoms with Gasteiger partial charge < -0.3 is 19.7 Å². The average molecular weight is 473 g/mol. The van der Waals surface area contributed by atoms with E-state index < -0.39 is 11.9 Å². The van der Waals surface area contributed by atoms with E-state index >= 15 is 0 Å². The van der Waals surface area contributed by atoms with Crippen molar-refractivity contribution in [3.63, 3.8) is 0 Å². The molecule has 0 amide bonds. The van der Waals surface area contributed by atoms with Gasteiger partial charge in [0.1, 0.15) is 0 Å². The molecule has 0 unspecified atom stereocenters. The molecule has 0 radical (unpaired) electrons. The highest BCUT2D eigenvalue weighted by molar-refractivity contribution is 5.71. The number of rotatable bonds is 24. The number of esters is 2. The minimum Gasteiger partial charge on any atom is -0.481 e. The van der Waals surface area contributed by atoms with E-state index in [1.165, 1.54) is 0 Å². The van der Waals surface area contributed by atoms with E-state index in [0.29, 0.717) is 12.8 Å². The zero-order chi connectivity index (χ0) is 24.6. The van der Waals surface area contributed by atoms with Gasteiger partial charge in [-0.25, -0.2) is 0 Å². The summed E-state index contributed by atoms with van der Waals surface area (Å²) in [5.41, 5.74) is 0. The Labute approximate surface area is 198 Å². The molecule has 0 aromatic carbocycles. The van der Waals surface area contributed by atoms with E-state index in [4.69, 9.17) is 19.7 Å². The monoisotopic (exact) mass is 472 g/mol. The summed E-state index contributed by atoms with van der Waals surface area (Å²) in [4.78, 5) is 44.1. The predicted molar refractivity (Wildman–Crippen MR) is 125 cm³/mol. The molecule has 33 heavy (non-hydrogen) atoms. The summed E-state index contributed by atoms with van der Waals surface area (Å²) < 4.78 is 9.89. The lowest BCUT2D eigenvalue weighted by Gasteiger charge is -2.07. The Kier molecular flexibility index (Phi) is 21.6. The van der Waals surface area contributed by atoms with Crippen LogP contribution in [0, 0.1) is 0 Å². The molecular formula is C25H44O8. The van der Waals surface area contributed by atoms with Gasteiger partial charge in [-0.3, -0.25) is 19.2 Å². The topological polar surface area (TPSA) is 127 Å². The first kappa shape index (κ1) is 30.9. The third-order valence-electron chi connectivity index (χ3n) is 5.48. The highest BCUT2D eigenvalue weighted by Crippen LogP contribution is 2.12. The Morgan fingerprint density at radius 2 is 0.636 bits per heavy atom. The maximum atomic E-state index is 11.7. The van der Waals surface area contributed by atoms with Crippen molar-refractivity contribution in [3.8, 4) is 0 Å². The highest BCUT2D eigenvalue weighted by atomic mass is 16.7. The van der Waals surface area contributed by atoms with Gasteiger partial charge in [0.25, 0.3) is 0 Å². The van der Waals surface area contributed by atoms with Gasteiger partial charge in [-0.15, -0.1) is 0 Å². The van der Waals surface area contributed by atoms with E-state index in [1.54, 1.807) is 0 Å². The molecule has 0 aromatic rings. The van der Waals surface area contributed by atoms with Crippen molar-refractivity contribution >= 4 is 23.9 Å². The van der Waals surface area contributed by atoms with Crippen LogP contribution < -0.4 is 0 Å². The number of ether oxygens (including phenoxy) is 2. The van der Waals surface area contributed by atoms with Gasteiger partial charge in [0.05, 0.1) is 0 Å². The first-order valence-electron chi connectivity index (χ1n) is 12.7. The van der Waals surface area contributed by atoms with Crippen molar-refractivity contribution in [2.24, 2.45) is 0 Å². The van der Waals surface area contributed by atoms with E-state index in [1.807, 2.05) is 0 Å². The van der Waals surface area contributed by atoms with E-state index in [9.17, 15) is 19.2 Å². The number of carboxylic acids is 2. The second-order valence-electron chi connectivity index (χ2n) is 8.59. The molecule has 2 N–H and O–H groups in total. The summed E-state index contributed by atoms with van der Waals surface area (Å²) in [6, 6.07) is 0. The Morgan fingerprint density at radius 3 is 0.909 bits per heavy atom. The van der Waals surface area contributed by atoms with Crippen molar-refractivity contribution in [2.45, 2.75) is 128 Å². The van der Waals surface area contributed by atoms with Crippen molar-refractivity contribution in [1.29, 1.82) is 0 Å². The van der Waals surface area contributed by atoms with Gasteiger partial charge in [-0.1, -0.05) is 77.0 Å². The highest BCUT2D eigenvalue weighted by Gasteiger charge is 2.06. The summed E-state index contributed by atoms with van der Waals surface area (Å²) in [7, 11) is 0. The van der Waals surface area contributed by atoms with Crippen LogP contribution in [0.1, 0.15) is 128 Å². The lowest BCUT2D eigenvalue weighted by Crippen LogP contribution is -2.12. The molecule has 0 bridgehead atoms. The van der Waals surface area contributed by atoms with Crippen LogP contribution >= 0.6 is 0 Å². The zero-order valence-electron chi connectivity index (χ0n) is 20.2. The fourth-order valence-electron chi connectivity index (χ4n) is 3.52. The SMILES string of the molecule is O=C(O)CCCCCCCCCCC(=O)OCOC(=O)CCCCCCCCCCC(=O)O. The molecule has 0 aromatic heterocycles. The fraction of sp³-hybridized carbons (Fsp3) is 0.840. The molecule has 8 heteroatoms. The van der Waals surface area contributed by atoms with E-state index in [2.05, 4.69) is 0 Å². The summed E-state index contributed by atoms with van der Waals surface area (Å²) in [6.45, 7) is -0.315. The molecule has 8 nitrogen and oxygen atoms in total. The van der Waals surface area contributed by atoms with Gasteiger partial charge in [-0.05, 0) is 25.7 Å². The van der Waals surface area contributed by atoms with Gasteiger partial charge >= 0.3 is 23.9 Å². The van der Waals surface area contributed by atoms with Crippen LogP contribution in [0.4, 0.5) is 0 Å². The van der Waals surface area contributed by atoms with E-state index in [0.717, 1.165) is 103 Å². The maximum Gasteiger partial charge on any atom is 0.308 e. The number of hydrogen-bond donors (Lipinski definition) is 2. The van der Waals surface area contributed by atoms with Crippen LogP contribution in [-0.4, -0.2) is 40.9 Å². The van der Waals surface area contributed by atoms with Crippen LogP contribution in [0.5, 0.6) is 0 Å². The molecule has 0 aliphatic carbocycles. The number of carbonyl (C=O) groups excluding carboxylic acids is 2. The van der Waals surface area contributed by atoms with Crippen molar-refractivity contribution in [2.75, 3.05) is 6.79 Å². The third kappa shape index (κ3) is 26.0. The maximum absolute atomic E-state index is 11.7. The van der Waals surface area contributed by atoms with Crippen LogP contribution in [0.25, 0.3) is 0 Å². The molecular weight excluding hydrogens is 428 g/mol. The first-order chi connectivity index (χ1) is 15.9. The largest absolute Gasteiger partial charge is 0.481 e. The smallest absolute Gasteiger partial charge is 0.308 e. The van der Waals surface area contributed by atoms with Crippen LogP contribution in [0.15, 0.2) is 0 Å². The molecule has 192 valence electrons. The normalized spacial score (nSPS) is 10.7. The molecule has 0 aliphatic heterocycles. The lowest BCUT2D eigenvalue weighted by atomic mass is 10.1. The molecule has 0 saturated carbocycles. The second-order valence-corrected chi connectivity index (χ2v) is 8.59. The number of aliphatic carboxylic acids is 2. The Balaban J connectivity index is 3.33. The predicted octanol–water partition coefficient (Wildman–Crippen LogP) is 6.00. The minimum atomic E-state index is -0.734. The van der Waals surface area contributed by atoms with Gasteiger partial charge in [0.2, 0.25) is 6.79 Å². The molecule has 0 spiro atoms. The molecule has 0 rings (SSSR count). The first-order valence-corrected chi connectivity index (χ1v) is 12.7. The molecule has 0 saturated heterocycles. The lowest BCUT2D eigenvalue weighted by molar-refractivity contribution is -0.167. The Hall–Kier alpha value is -2.12. The number of carboxylic acid groups (broad SMARTS) is 2. The van der Waals surface area contributed by atoms with Gasteiger partial charge in [0, 0.05) is 25.7 Å². The fourth-order valence-corrected chi connectivity index (χ4v) is 3.52. The summed E-state index contributed by atoms with van der Waals surface area (Å²) >= 11 is 0. The van der Waals surface area contributed by atoms with Crippen LogP contribution in [0.3, 0.4) is 0 Å². The van der Waals surface area contributed by atoms with Gasteiger partial charge in [-0.2, -0.15) is 0 Å². The minimum absolute atomic E-state index is 0.247. The molecule has 0 heterocycles. The Morgan fingerprint density at radius 1 is 0.394 bits per heavy atom. The zero-order valence-corrected chi connectivity index (χ0v) is 20.2. The number of carbonyl (C=O) groups is 4. The molecule has 0 aliphatic rings. The summed E-state index contributed by atoms with van der Waals surface area (Å²) in [5, 5.41) is 17.1. The quantitative estimate of drug-likeness (QED) is 0.0994. The van der Waals surface area contributed by atoms with Crippen molar-refractivity contribution in [1.82, 2.24) is 0 Å². The summed E-state index contributed by atoms with van der Waals surface area (Å²) in [6.07, 6.45) is 16.5. The second kappa shape index (κ2) is 23.1. The number of unbranched alkanes of at least 4 members (excludes halogenated alkanes) is 14. The van der Waals surface area contributed by atoms with Crippen LogP contribution in [0.2, 0.25) is 0 Å². The Bertz CT molecular complexity index is 486. The number of hydrogen-bond acceptors (Lipinski definition) is 6. The third-order valence-corrected chi connectivity index (χ3v) is 5.48. The molecule has 0 fully saturated rings. The van der Waals surface area contributed by atoms with Crippen molar-refractivity contribution < 1.29 is 38.9 Å². The molecule has 0 atom stereocenters. The van der Waals surface area contributed by atoms with Gasteiger partial charge in [0.15, 0.2) is 0 Å². The van der Waals surface area contributed by atoms with Crippen LogP contribution in [-0.2, 0) is 28.7 Å². The average Bonchev–Trinajstić information content (AvgIpc) is 2.75. The summed E-state index contributed by atoms with van der Waals surface area (Å²) in [5.74, 6) is -2.16. The standard InChI is InChI=1S/C25H44O8/c26-22(27)17-13-9-5-1-3-7-11-15-19-24(30)32-21-33-25(31)20-16-12-8-4-2-6-10-14-18-23(28)29/h1-21H2,(H,26,27)(H,28,29). The van der Waals surface area contributed by atoms with E-state index in [-0.39, 0.29) is 31.6 Å².